The van der Waals surface area contributed by atoms with Crippen molar-refractivity contribution in [3.63, 3.8) is 0 Å². The first-order chi connectivity index (χ1) is 15.3. The molecule has 2 N–H and O–H groups in total. The van der Waals surface area contributed by atoms with Crippen LogP contribution in [-0.2, 0) is 16.6 Å². The number of halogens is 1. The first kappa shape index (κ1) is 23.4. The molecule has 1 amide bonds. The van der Waals surface area contributed by atoms with Crippen LogP contribution in [0.5, 0.6) is 5.75 Å². The predicted molar refractivity (Wildman–Crippen MR) is 120 cm³/mol. The highest BCUT2D eigenvalue weighted by atomic mass is 32.2. The Bertz CT molecular complexity index is 1150. The SMILES string of the molecule is Cc1ccc(S(=O)(=O)NCc2ccccc2)cc1C(=O)NCCCOc1ccc(F)cc1. The number of ether oxygens (including phenoxy) is 1. The van der Waals surface area contributed by atoms with E-state index in [1.54, 1.807) is 13.0 Å². The second-order valence-electron chi connectivity index (χ2n) is 7.20. The van der Waals surface area contributed by atoms with Crippen LogP contribution in [0, 0.1) is 12.7 Å². The Morgan fingerprint density at radius 2 is 1.72 bits per heavy atom. The van der Waals surface area contributed by atoms with Crippen molar-refractivity contribution in [2.24, 2.45) is 0 Å². The molecule has 0 aliphatic heterocycles. The zero-order chi connectivity index (χ0) is 23.0. The van der Waals surface area contributed by atoms with Gasteiger partial charge < -0.3 is 10.1 Å². The van der Waals surface area contributed by atoms with E-state index in [-0.39, 0.29) is 23.2 Å². The fraction of sp³-hybridized carbons (Fsp3) is 0.208. The van der Waals surface area contributed by atoms with Gasteiger partial charge in [-0.3, -0.25) is 4.79 Å². The van der Waals surface area contributed by atoms with Crippen LogP contribution in [0.1, 0.15) is 27.9 Å². The van der Waals surface area contributed by atoms with Gasteiger partial charge in [0.2, 0.25) is 10.0 Å². The van der Waals surface area contributed by atoms with E-state index >= 15 is 0 Å². The summed E-state index contributed by atoms with van der Waals surface area (Å²) < 4.78 is 46.3. The number of nitrogens with one attached hydrogen (secondary N) is 2. The summed E-state index contributed by atoms with van der Waals surface area (Å²) in [5.41, 5.74) is 1.81. The molecule has 3 rings (SSSR count). The van der Waals surface area contributed by atoms with Gasteiger partial charge in [0.1, 0.15) is 11.6 Å². The number of hydrogen-bond donors (Lipinski definition) is 2. The Hall–Kier alpha value is -3.23. The number of aryl methyl sites for hydroxylation is 1. The van der Waals surface area contributed by atoms with Gasteiger partial charge in [-0.1, -0.05) is 36.4 Å². The lowest BCUT2D eigenvalue weighted by Gasteiger charge is -2.12. The summed E-state index contributed by atoms with van der Waals surface area (Å²) in [4.78, 5) is 12.6. The minimum absolute atomic E-state index is 0.0313. The third kappa shape index (κ3) is 6.63. The molecule has 0 heterocycles. The van der Waals surface area contributed by atoms with Crippen LogP contribution in [0.4, 0.5) is 4.39 Å². The zero-order valence-electron chi connectivity index (χ0n) is 17.7. The Balaban J connectivity index is 1.54. The number of amides is 1. The molecule has 0 radical (unpaired) electrons. The van der Waals surface area contributed by atoms with Crippen LogP contribution in [0.2, 0.25) is 0 Å². The fourth-order valence-corrected chi connectivity index (χ4v) is 4.00. The summed E-state index contributed by atoms with van der Waals surface area (Å²) in [5.74, 6) is -0.140. The number of carbonyl (C=O) groups excluding carboxylic acids is 1. The Labute approximate surface area is 187 Å². The van der Waals surface area contributed by atoms with E-state index < -0.39 is 10.0 Å². The van der Waals surface area contributed by atoms with Crippen molar-refractivity contribution in [2.45, 2.75) is 24.8 Å². The molecule has 8 heteroatoms. The highest BCUT2D eigenvalue weighted by molar-refractivity contribution is 7.89. The third-order valence-electron chi connectivity index (χ3n) is 4.76. The summed E-state index contributed by atoms with van der Waals surface area (Å²) in [6.07, 6.45) is 0.540. The number of benzene rings is 3. The molecule has 0 unspecified atom stereocenters. The molecule has 0 bridgehead atoms. The maximum Gasteiger partial charge on any atom is 0.251 e. The van der Waals surface area contributed by atoms with Crippen LogP contribution in [0.3, 0.4) is 0 Å². The number of carbonyl (C=O) groups is 1. The first-order valence-electron chi connectivity index (χ1n) is 10.2. The summed E-state index contributed by atoms with van der Waals surface area (Å²) in [7, 11) is -3.77. The summed E-state index contributed by atoms with van der Waals surface area (Å²) in [6, 6.07) is 19.4. The van der Waals surface area contributed by atoms with Crippen molar-refractivity contribution in [1.82, 2.24) is 10.0 Å². The molecule has 6 nitrogen and oxygen atoms in total. The lowest BCUT2D eigenvalue weighted by Crippen LogP contribution is -2.27. The van der Waals surface area contributed by atoms with Gasteiger partial charge in [-0.15, -0.1) is 0 Å². The topological polar surface area (TPSA) is 84.5 Å². The average molecular weight is 457 g/mol. The van der Waals surface area contributed by atoms with Crippen molar-refractivity contribution in [3.8, 4) is 5.75 Å². The maximum atomic E-state index is 12.9. The van der Waals surface area contributed by atoms with Crippen LogP contribution in [-0.4, -0.2) is 27.5 Å². The van der Waals surface area contributed by atoms with Crippen LogP contribution in [0.15, 0.2) is 77.7 Å². The lowest BCUT2D eigenvalue weighted by molar-refractivity contribution is 0.0950. The van der Waals surface area contributed by atoms with E-state index in [1.165, 1.54) is 36.4 Å². The molecule has 3 aromatic carbocycles. The molecule has 0 aromatic heterocycles. The molecule has 0 saturated heterocycles. The highest BCUT2D eigenvalue weighted by Gasteiger charge is 2.18. The Kier molecular flexibility index (Phi) is 7.97. The minimum atomic E-state index is -3.77. The molecule has 0 fully saturated rings. The van der Waals surface area contributed by atoms with E-state index in [2.05, 4.69) is 10.0 Å². The van der Waals surface area contributed by atoms with Crippen LogP contribution >= 0.6 is 0 Å². The molecule has 3 aromatic rings. The van der Waals surface area contributed by atoms with E-state index in [1.807, 2.05) is 30.3 Å². The number of hydrogen-bond acceptors (Lipinski definition) is 4. The standard InChI is InChI=1S/C24H25FN2O4S/c1-18-8-13-22(32(29,30)27-17-19-6-3-2-4-7-19)16-23(18)24(28)26-14-5-15-31-21-11-9-20(25)10-12-21/h2-4,6-13,16,27H,5,14-15,17H2,1H3,(H,26,28). The van der Waals surface area contributed by atoms with E-state index in [4.69, 9.17) is 4.74 Å². The van der Waals surface area contributed by atoms with Crippen molar-refractivity contribution in [2.75, 3.05) is 13.2 Å². The monoisotopic (exact) mass is 456 g/mol. The molecule has 0 atom stereocenters. The maximum absolute atomic E-state index is 12.9. The quantitative estimate of drug-likeness (QED) is 0.455. The fourth-order valence-electron chi connectivity index (χ4n) is 2.96. The summed E-state index contributed by atoms with van der Waals surface area (Å²) >= 11 is 0. The molecule has 32 heavy (non-hydrogen) atoms. The molecule has 168 valence electrons. The summed E-state index contributed by atoms with van der Waals surface area (Å²) in [5, 5.41) is 2.78. The van der Waals surface area contributed by atoms with Crippen molar-refractivity contribution < 1.29 is 22.3 Å². The predicted octanol–water partition coefficient (Wildman–Crippen LogP) is 3.81. The van der Waals surface area contributed by atoms with Crippen molar-refractivity contribution in [1.29, 1.82) is 0 Å². The molecular formula is C24H25FN2O4S. The molecular weight excluding hydrogens is 431 g/mol. The van der Waals surface area contributed by atoms with E-state index in [0.717, 1.165) is 5.56 Å². The number of rotatable bonds is 10. The third-order valence-corrected chi connectivity index (χ3v) is 6.16. The van der Waals surface area contributed by atoms with Crippen LogP contribution < -0.4 is 14.8 Å². The minimum Gasteiger partial charge on any atom is -0.494 e. The van der Waals surface area contributed by atoms with Gasteiger partial charge in [-0.25, -0.2) is 17.5 Å². The van der Waals surface area contributed by atoms with E-state index in [0.29, 0.717) is 36.4 Å². The molecule has 0 aliphatic carbocycles. The zero-order valence-corrected chi connectivity index (χ0v) is 18.5. The van der Waals surface area contributed by atoms with Crippen molar-refractivity contribution >= 4 is 15.9 Å². The smallest absolute Gasteiger partial charge is 0.251 e. The van der Waals surface area contributed by atoms with Gasteiger partial charge in [-0.2, -0.15) is 0 Å². The molecule has 0 aliphatic rings. The van der Waals surface area contributed by atoms with Crippen molar-refractivity contribution in [3.05, 3.63) is 95.3 Å². The summed E-state index contributed by atoms with van der Waals surface area (Å²) in [6.45, 7) is 2.61. The lowest BCUT2D eigenvalue weighted by atomic mass is 10.1. The van der Waals surface area contributed by atoms with Crippen LogP contribution in [0.25, 0.3) is 0 Å². The largest absolute Gasteiger partial charge is 0.494 e. The highest BCUT2D eigenvalue weighted by Crippen LogP contribution is 2.16. The van der Waals surface area contributed by atoms with Gasteiger partial charge in [0, 0.05) is 18.7 Å². The van der Waals surface area contributed by atoms with Gasteiger partial charge in [-0.05, 0) is 60.9 Å². The van der Waals surface area contributed by atoms with Gasteiger partial charge in [0.15, 0.2) is 0 Å². The van der Waals surface area contributed by atoms with Gasteiger partial charge in [0.05, 0.1) is 11.5 Å². The van der Waals surface area contributed by atoms with Gasteiger partial charge in [0.25, 0.3) is 5.91 Å². The van der Waals surface area contributed by atoms with Gasteiger partial charge >= 0.3 is 0 Å². The Morgan fingerprint density at radius 1 is 1.00 bits per heavy atom. The molecule has 0 saturated carbocycles. The van der Waals surface area contributed by atoms with E-state index in [9.17, 15) is 17.6 Å². The molecule has 0 spiro atoms. The first-order valence-corrected chi connectivity index (χ1v) is 11.6. The normalized spacial score (nSPS) is 11.2. The second kappa shape index (κ2) is 10.9. The average Bonchev–Trinajstić information content (AvgIpc) is 2.79. The second-order valence-corrected chi connectivity index (χ2v) is 8.97. The number of sulfonamides is 1. The Morgan fingerprint density at radius 3 is 2.44 bits per heavy atom.